The van der Waals surface area contributed by atoms with E-state index in [0.717, 1.165) is 6.54 Å². The molecule has 0 fully saturated rings. The van der Waals surface area contributed by atoms with E-state index in [1.54, 1.807) is 0 Å². The number of nitrogens with zero attached hydrogens (tertiary/aromatic N) is 1. The van der Waals surface area contributed by atoms with E-state index in [2.05, 4.69) is 30.3 Å². The molecule has 1 heterocycles. The van der Waals surface area contributed by atoms with Crippen LogP contribution in [0.1, 0.15) is 12.6 Å². The first-order valence-corrected chi connectivity index (χ1v) is 3.49. The molecule has 0 aliphatic rings. The summed E-state index contributed by atoms with van der Waals surface area (Å²) < 4.78 is 2.15. The van der Waals surface area contributed by atoms with E-state index in [0.29, 0.717) is 0 Å². The summed E-state index contributed by atoms with van der Waals surface area (Å²) in [5.74, 6) is 0. The number of pyridine rings is 1. The highest BCUT2D eigenvalue weighted by atomic mass is 127. The van der Waals surface area contributed by atoms with Crippen LogP contribution in [0.25, 0.3) is 6.08 Å². The molecule has 0 saturated carbocycles. The SMILES string of the molecule is C=Cc1cccc[n+]1CC.[I-]. The van der Waals surface area contributed by atoms with Gasteiger partial charge in [0.05, 0.1) is 0 Å². The minimum Gasteiger partial charge on any atom is -1.00 e. The average molecular weight is 261 g/mol. The lowest BCUT2D eigenvalue weighted by atomic mass is 10.3. The number of hydrogen-bond acceptors (Lipinski definition) is 0. The zero-order valence-electron chi connectivity index (χ0n) is 6.63. The first-order chi connectivity index (χ1) is 4.88. The summed E-state index contributed by atoms with van der Waals surface area (Å²) in [6, 6.07) is 6.09. The molecule has 1 aromatic heterocycles. The summed E-state index contributed by atoms with van der Waals surface area (Å²) in [4.78, 5) is 0. The molecule has 2 heteroatoms. The smallest absolute Gasteiger partial charge is 0.204 e. The summed E-state index contributed by atoms with van der Waals surface area (Å²) in [5.41, 5.74) is 1.17. The Kier molecular flexibility index (Phi) is 5.11. The van der Waals surface area contributed by atoms with Crippen LogP contribution in [0.15, 0.2) is 31.0 Å². The van der Waals surface area contributed by atoms with E-state index in [9.17, 15) is 0 Å². The molecule has 11 heavy (non-hydrogen) atoms. The Hall–Kier alpha value is -0.380. The maximum atomic E-state index is 3.72. The highest BCUT2D eigenvalue weighted by molar-refractivity contribution is 5.36. The van der Waals surface area contributed by atoms with Gasteiger partial charge in [0.15, 0.2) is 6.20 Å². The van der Waals surface area contributed by atoms with Gasteiger partial charge < -0.3 is 24.0 Å². The molecule has 0 aromatic carbocycles. The fourth-order valence-electron chi connectivity index (χ4n) is 0.963. The van der Waals surface area contributed by atoms with Crippen LogP contribution in [-0.2, 0) is 6.54 Å². The number of hydrogen-bond donors (Lipinski definition) is 0. The monoisotopic (exact) mass is 261 g/mol. The Balaban J connectivity index is 0.000001000. The molecular weight excluding hydrogens is 249 g/mol. The van der Waals surface area contributed by atoms with Gasteiger partial charge in [0.25, 0.3) is 0 Å². The second-order valence-corrected chi connectivity index (χ2v) is 2.12. The Morgan fingerprint density at radius 1 is 1.55 bits per heavy atom. The van der Waals surface area contributed by atoms with Gasteiger partial charge in [-0.25, -0.2) is 0 Å². The lowest BCUT2D eigenvalue weighted by Crippen LogP contribution is -3.00. The molecule has 0 aliphatic heterocycles. The third kappa shape index (κ3) is 2.61. The van der Waals surface area contributed by atoms with Crippen molar-refractivity contribution >= 4 is 6.08 Å². The molecule has 0 atom stereocenters. The fraction of sp³-hybridized carbons (Fsp3) is 0.222. The molecule has 1 nitrogen and oxygen atoms in total. The Morgan fingerprint density at radius 3 is 2.73 bits per heavy atom. The Bertz CT molecular complexity index is 233. The van der Waals surface area contributed by atoms with Crippen LogP contribution in [-0.4, -0.2) is 0 Å². The van der Waals surface area contributed by atoms with Gasteiger partial charge in [-0.05, 0) is 13.0 Å². The normalized spacial score (nSPS) is 8.45. The van der Waals surface area contributed by atoms with Crippen molar-refractivity contribution in [2.75, 3.05) is 0 Å². The molecule has 0 unspecified atom stereocenters. The number of halogens is 1. The molecule has 0 N–H and O–H groups in total. The summed E-state index contributed by atoms with van der Waals surface area (Å²) in [5, 5.41) is 0. The third-order valence-corrected chi connectivity index (χ3v) is 1.53. The molecule has 0 radical (unpaired) electrons. The van der Waals surface area contributed by atoms with Gasteiger partial charge in [0.1, 0.15) is 6.54 Å². The lowest BCUT2D eigenvalue weighted by molar-refractivity contribution is -0.695. The zero-order chi connectivity index (χ0) is 7.40. The van der Waals surface area contributed by atoms with Gasteiger partial charge in [-0.1, -0.05) is 6.58 Å². The molecule has 0 saturated heterocycles. The molecule has 0 aliphatic carbocycles. The van der Waals surface area contributed by atoms with Crippen LogP contribution in [0, 0.1) is 0 Å². The van der Waals surface area contributed by atoms with Gasteiger partial charge in [-0.2, -0.15) is 4.57 Å². The summed E-state index contributed by atoms with van der Waals surface area (Å²) in [7, 11) is 0. The molecular formula is C9H12IN. The highest BCUT2D eigenvalue weighted by Crippen LogP contribution is 1.91. The standard InChI is InChI=1S/C9H12N.HI/c1-3-9-7-5-6-8-10(9)4-2;/h3,5-8H,1,4H2,2H3;1H/q+1;/p-1. The van der Waals surface area contributed by atoms with Crippen LogP contribution >= 0.6 is 0 Å². The van der Waals surface area contributed by atoms with Crippen molar-refractivity contribution in [2.24, 2.45) is 0 Å². The second kappa shape index (κ2) is 5.29. The van der Waals surface area contributed by atoms with E-state index in [-0.39, 0.29) is 24.0 Å². The highest BCUT2D eigenvalue weighted by Gasteiger charge is 1.99. The van der Waals surface area contributed by atoms with Crippen molar-refractivity contribution in [2.45, 2.75) is 13.5 Å². The van der Waals surface area contributed by atoms with Crippen molar-refractivity contribution in [1.82, 2.24) is 0 Å². The van der Waals surface area contributed by atoms with Crippen LogP contribution < -0.4 is 28.5 Å². The quantitative estimate of drug-likeness (QED) is 0.457. The number of rotatable bonds is 2. The molecule has 60 valence electrons. The summed E-state index contributed by atoms with van der Waals surface area (Å²) >= 11 is 0. The van der Waals surface area contributed by atoms with E-state index >= 15 is 0 Å². The van der Waals surface area contributed by atoms with E-state index in [1.807, 2.05) is 18.2 Å². The fourth-order valence-corrected chi connectivity index (χ4v) is 0.963. The van der Waals surface area contributed by atoms with Crippen molar-refractivity contribution < 1.29 is 28.5 Å². The maximum absolute atomic E-state index is 3.72. The van der Waals surface area contributed by atoms with Gasteiger partial charge >= 0.3 is 0 Å². The second-order valence-electron chi connectivity index (χ2n) is 2.12. The third-order valence-electron chi connectivity index (χ3n) is 1.53. The van der Waals surface area contributed by atoms with Crippen LogP contribution in [0.4, 0.5) is 0 Å². The van der Waals surface area contributed by atoms with Crippen LogP contribution in [0.3, 0.4) is 0 Å². The topological polar surface area (TPSA) is 3.88 Å². The predicted molar refractivity (Wildman–Crippen MR) is 42.4 cm³/mol. The van der Waals surface area contributed by atoms with Crippen molar-refractivity contribution in [3.63, 3.8) is 0 Å². The molecule has 1 rings (SSSR count). The van der Waals surface area contributed by atoms with Gasteiger partial charge in [-0.3, -0.25) is 0 Å². The first kappa shape index (κ1) is 10.6. The minimum atomic E-state index is 0. The van der Waals surface area contributed by atoms with Crippen molar-refractivity contribution in [1.29, 1.82) is 0 Å². The predicted octanol–water partition coefficient (Wildman–Crippen LogP) is -1.36. The van der Waals surface area contributed by atoms with Gasteiger partial charge in [0, 0.05) is 18.2 Å². The van der Waals surface area contributed by atoms with Gasteiger partial charge in [0.2, 0.25) is 5.69 Å². The maximum Gasteiger partial charge on any atom is 0.204 e. The summed E-state index contributed by atoms with van der Waals surface area (Å²) in [6.07, 6.45) is 3.92. The lowest BCUT2D eigenvalue weighted by Gasteiger charge is -1.93. The van der Waals surface area contributed by atoms with E-state index in [4.69, 9.17) is 0 Å². The molecule has 1 aromatic rings. The van der Waals surface area contributed by atoms with Crippen LogP contribution in [0.5, 0.6) is 0 Å². The molecule has 0 spiro atoms. The Morgan fingerprint density at radius 2 is 2.27 bits per heavy atom. The first-order valence-electron chi connectivity index (χ1n) is 3.49. The van der Waals surface area contributed by atoms with Crippen molar-refractivity contribution in [3.8, 4) is 0 Å². The van der Waals surface area contributed by atoms with Crippen LogP contribution in [0.2, 0.25) is 0 Å². The largest absolute Gasteiger partial charge is 1.00 e. The minimum absolute atomic E-state index is 0. The van der Waals surface area contributed by atoms with E-state index in [1.165, 1.54) is 5.69 Å². The average Bonchev–Trinajstić information content (AvgIpc) is 2.04. The summed E-state index contributed by atoms with van der Waals surface area (Å²) in [6.45, 7) is 6.84. The Labute approximate surface area is 84.8 Å². The van der Waals surface area contributed by atoms with Gasteiger partial charge in [-0.15, -0.1) is 0 Å². The number of aromatic nitrogens is 1. The van der Waals surface area contributed by atoms with E-state index < -0.39 is 0 Å². The van der Waals surface area contributed by atoms with Crippen molar-refractivity contribution in [3.05, 3.63) is 36.7 Å². The molecule has 0 bridgehead atoms. The number of aryl methyl sites for hydroxylation is 1. The zero-order valence-corrected chi connectivity index (χ0v) is 8.78. The molecule has 0 amide bonds.